The predicted octanol–water partition coefficient (Wildman–Crippen LogP) is 14.5. The van der Waals surface area contributed by atoms with Crippen LogP contribution in [0.25, 0.3) is 110 Å². The Kier molecular flexibility index (Phi) is 6.28. The summed E-state index contributed by atoms with van der Waals surface area (Å²) in [4.78, 5) is 0. The number of furan rings is 2. The minimum absolute atomic E-state index is 0.875. The van der Waals surface area contributed by atoms with Gasteiger partial charge in [-0.2, -0.15) is 0 Å². The van der Waals surface area contributed by atoms with E-state index in [-0.39, 0.29) is 0 Å². The lowest BCUT2D eigenvalue weighted by atomic mass is 9.85. The van der Waals surface area contributed by atoms with E-state index in [1.807, 2.05) is 18.2 Å². The fourth-order valence-corrected chi connectivity index (χ4v) is 8.17. The molecule has 0 saturated carbocycles. The number of fused-ring (bicyclic) bond motifs is 7. The highest BCUT2D eigenvalue weighted by molar-refractivity contribution is 6.22. The van der Waals surface area contributed by atoms with Crippen molar-refractivity contribution in [2.75, 3.05) is 0 Å². The molecule has 0 unspecified atom stereocenters. The molecule has 52 heavy (non-hydrogen) atoms. The van der Waals surface area contributed by atoms with Crippen LogP contribution in [0.5, 0.6) is 0 Å². The molecule has 0 saturated heterocycles. The Bertz CT molecular complexity index is 3120. The van der Waals surface area contributed by atoms with Gasteiger partial charge in [-0.15, -0.1) is 0 Å². The van der Waals surface area contributed by atoms with Crippen molar-refractivity contribution in [3.8, 4) is 44.7 Å². The van der Waals surface area contributed by atoms with Crippen LogP contribution in [0.3, 0.4) is 0 Å². The number of hydrogen-bond acceptors (Lipinski definition) is 2. The Morgan fingerprint density at radius 2 is 0.750 bits per heavy atom. The third-order valence-corrected chi connectivity index (χ3v) is 10.6. The average Bonchev–Trinajstić information content (AvgIpc) is 3.80. The zero-order chi connectivity index (χ0) is 34.2. The first-order chi connectivity index (χ1) is 25.7. The first kappa shape index (κ1) is 28.9. The standard InChI is InChI=1S/C50H30O2/c1-2-11-32(12-3-1)46-30-38-27-34(22-25-45(38)51-46)35-20-23-39-40-24-21-37(29-48(40)52-47(39)28-35)50-43-16-8-6-14-41(43)49(42-15-7-9-17-44(42)50)36-19-18-31-10-4-5-13-33(31)26-36/h1-30H. The molecule has 2 nitrogen and oxygen atoms in total. The van der Waals surface area contributed by atoms with Gasteiger partial charge in [0.15, 0.2) is 0 Å². The van der Waals surface area contributed by atoms with Crippen LogP contribution in [-0.2, 0) is 0 Å². The first-order valence-electron chi connectivity index (χ1n) is 17.7. The molecule has 2 heterocycles. The smallest absolute Gasteiger partial charge is 0.136 e. The number of rotatable bonds is 4. The molecule has 2 heteroatoms. The highest BCUT2D eigenvalue weighted by Crippen LogP contribution is 2.45. The number of benzene rings is 9. The van der Waals surface area contributed by atoms with Crippen molar-refractivity contribution in [3.63, 3.8) is 0 Å². The maximum Gasteiger partial charge on any atom is 0.136 e. The molecule has 0 bridgehead atoms. The maximum atomic E-state index is 6.67. The summed E-state index contributed by atoms with van der Waals surface area (Å²) in [6, 6.07) is 65.1. The van der Waals surface area contributed by atoms with Gasteiger partial charge in [-0.05, 0) is 114 Å². The molecule has 11 aromatic rings. The summed E-state index contributed by atoms with van der Waals surface area (Å²) < 4.78 is 12.8. The Hall–Kier alpha value is -6.90. The quantitative estimate of drug-likeness (QED) is 0.175. The molecular formula is C50H30O2. The van der Waals surface area contributed by atoms with Crippen molar-refractivity contribution >= 4 is 65.2 Å². The summed E-state index contributed by atoms with van der Waals surface area (Å²) >= 11 is 0. The van der Waals surface area contributed by atoms with Gasteiger partial charge in [-0.3, -0.25) is 0 Å². The Morgan fingerprint density at radius 1 is 0.250 bits per heavy atom. The molecule has 0 atom stereocenters. The van der Waals surface area contributed by atoms with Crippen molar-refractivity contribution in [1.82, 2.24) is 0 Å². The fourth-order valence-electron chi connectivity index (χ4n) is 8.17. The zero-order valence-electron chi connectivity index (χ0n) is 28.1. The minimum atomic E-state index is 0.875. The molecule has 0 aliphatic rings. The van der Waals surface area contributed by atoms with E-state index in [4.69, 9.17) is 8.83 Å². The highest BCUT2D eigenvalue weighted by atomic mass is 16.3. The third-order valence-electron chi connectivity index (χ3n) is 10.6. The normalized spacial score (nSPS) is 11.8. The molecule has 0 fully saturated rings. The van der Waals surface area contributed by atoms with E-state index in [2.05, 4.69) is 164 Å². The van der Waals surface area contributed by atoms with Gasteiger partial charge < -0.3 is 8.83 Å². The van der Waals surface area contributed by atoms with Crippen LogP contribution >= 0.6 is 0 Å². The Morgan fingerprint density at radius 3 is 1.44 bits per heavy atom. The zero-order valence-corrected chi connectivity index (χ0v) is 28.1. The Labute approximate surface area is 299 Å². The molecule has 0 amide bonds. The third kappa shape index (κ3) is 4.51. The minimum Gasteiger partial charge on any atom is -0.456 e. The SMILES string of the molecule is c1ccc(-c2cc3cc(-c4ccc5c(c4)oc4cc(-c6c7ccccc7c(-c7ccc8ccccc8c7)c7ccccc67)ccc45)ccc3o2)cc1. The van der Waals surface area contributed by atoms with Crippen molar-refractivity contribution in [3.05, 3.63) is 182 Å². The van der Waals surface area contributed by atoms with E-state index < -0.39 is 0 Å². The van der Waals surface area contributed by atoms with Crippen molar-refractivity contribution in [2.24, 2.45) is 0 Å². The number of hydrogen-bond donors (Lipinski definition) is 0. The van der Waals surface area contributed by atoms with Gasteiger partial charge >= 0.3 is 0 Å². The van der Waals surface area contributed by atoms with Gasteiger partial charge in [-0.1, -0.05) is 133 Å². The first-order valence-corrected chi connectivity index (χ1v) is 17.7. The van der Waals surface area contributed by atoms with Crippen LogP contribution < -0.4 is 0 Å². The average molecular weight is 663 g/mol. The summed E-state index contributed by atoms with van der Waals surface area (Å²) in [6.45, 7) is 0. The molecule has 11 rings (SSSR count). The molecule has 2 aromatic heterocycles. The summed E-state index contributed by atoms with van der Waals surface area (Å²) in [7, 11) is 0. The summed E-state index contributed by atoms with van der Waals surface area (Å²) in [5.74, 6) is 0.875. The van der Waals surface area contributed by atoms with E-state index in [1.54, 1.807) is 0 Å². The molecule has 0 aliphatic heterocycles. The summed E-state index contributed by atoms with van der Waals surface area (Å²) in [6.07, 6.45) is 0. The second-order valence-corrected chi connectivity index (χ2v) is 13.7. The predicted molar refractivity (Wildman–Crippen MR) is 218 cm³/mol. The van der Waals surface area contributed by atoms with Crippen LogP contribution in [0, 0.1) is 0 Å². The van der Waals surface area contributed by atoms with Gasteiger partial charge in [0.05, 0.1) is 0 Å². The van der Waals surface area contributed by atoms with Crippen LogP contribution in [0.15, 0.2) is 191 Å². The lowest BCUT2D eigenvalue weighted by molar-refractivity contribution is 0.631. The summed E-state index contributed by atoms with van der Waals surface area (Å²) in [5.41, 5.74) is 10.8. The maximum absolute atomic E-state index is 6.67. The summed E-state index contributed by atoms with van der Waals surface area (Å²) in [5, 5.41) is 10.7. The topological polar surface area (TPSA) is 26.3 Å². The van der Waals surface area contributed by atoms with Gasteiger partial charge in [-0.25, -0.2) is 0 Å². The molecule has 0 radical (unpaired) electrons. The van der Waals surface area contributed by atoms with Gasteiger partial charge in [0.2, 0.25) is 0 Å². The van der Waals surface area contributed by atoms with Crippen molar-refractivity contribution in [1.29, 1.82) is 0 Å². The molecule has 0 N–H and O–H groups in total. The molecule has 242 valence electrons. The van der Waals surface area contributed by atoms with Crippen LogP contribution in [0.4, 0.5) is 0 Å². The van der Waals surface area contributed by atoms with E-state index in [0.29, 0.717) is 0 Å². The molecule has 0 spiro atoms. The second-order valence-electron chi connectivity index (χ2n) is 13.7. The lowest BCUT2D eigenvalue weighted by Gasteiger charge is -2.18. The van der Waals surface area contributed by atoms with E-state index >= 15 is 0 Å². The Balaban J connectivity index is 1.04. The molecule has 9 aromatic carbocycles. The van der Waals surface area contributed by atoms with Crippen molar-refractivity contribution in [2.45, 2.75) is 0 Å². The van der Waals surface area contributed by atoms with Crippen molar-refractivity contribution < 1.29 is 8.83 Å². The van der Waals surface area contributed by atoms with Crippen LogP contribution in [0.1, 0.15) is 0 Å². The molecular weight excluding hydrogens is 633 g/mol. The van der Waals surface area contributed by atoms with Crippen LogP contribution in [0.2, 0.25) is 0 Å². The second kappa shape index (κ2) is 11.3. The van der Waals surface area contributed by atoms with E-state index in [0.717, 1.165) is 60.9 Å². The monoisotopic (exact) mass is 662 g/mol. The fraction of sp³-hybridized carbons (Fsp3) is 0. The van der Waals surface area contributed by atoms with Gasteiger partial charge in [0.1, 0.15) is 22.5 Å². The van der Waals surface area contributed by atoms with Gasteiger partial charge in [0, 0.05) is 21.7 Å². The van der Waals surface area contributed by atoms with Crippen LogP contribution in [-0.4, -0.2) is 0 Å². The van der Waals surface area contributed by atoms with Gasteiger partial charge in [0.25, 0.3) is 0 Å². The van der Waals surface area contributed by atoms with E-state index in [1.165, 1.54) is 49.0 Å². The largest absolute Gasteiger partial charge is 0.456 e. The van der Waals surface area contributed by atoms with E-state index in [9.17, 15) is 0 Å². The lowest BCUT2D eigenvalue weighted by Crippen LogP contribution is -1.91. The highest BCUT2D eigenvalue weighted by Gasteiger charge is 2.18. The molecule has 0 aliphatic carbocycles.